The summed E-state index contributed by atoms with van der Waals surface area (Å²) in [5, 5.41) is 0. The van der Waals surface area contributed by atoms with Crippen LogP contribution in [0, 0.1) is 4.64 Å². The zero-order chi connectivity index (χ0) is 14.0. The van der Waals surface area contributed by atoms with Gasteiger partial charge >= 0.3 is 0 Å². The zero-order valence-corrected chi connectivity index (χ0v) is 12.9. The fourth-order valence-corrected chi connectivity index (χ4v) is 3.57. The number of aromatic nitrogens is 2. The summed E-state index contributed by atoms with van der Waals surface area (Å²) in [5.41, 5.74) is 2.17. The van der Waals surface area contributed by atoms with Crippen molar-refractivity contribution >= 4 is 12.2 Å². The maximum Gasteiger partial charge on any atom is 0.140 e. The fourth-order valence-electron chi connectivity index (χ4n) is 3.25. The average molecular weight is 294 g/mol. The molecule has 4 nitrogen and oxygen atoms in total. The van der Waals surface area contributed by atoms with E-state index in [9.17, 15) is 0 Å². The Labute approximate surface area is 124 Å². The monoisotopic (exact) mass is 294 g/mol. The molecular formula is C15H22N2O2S. The number of nitrogens with zero attached hydrogens (tertiary/aromatic N) is 1. The van der Waals surface area contributed by atoms with Crippen LogP contribution in [0.15, 0.2) is 0 Å². The summed E-state index contributed by atoms with van der Waals surface area (Å²) < 4.78 is 12.0. The van der Waals surface area contributed by atoms with E-state index in [-0.39, 0.29) is 5.60 Å². The smallest absolute Gasteiger partial charge is 0.140 e. The third-order valence-electron chi connectivity index (χ3n) is 4.58. The van der Waals surface area contributed by atoms with Crippen LogP contribution in [0.4, 0.5) is 0 Å². The highest BCUT2D eigenvalue weighted by molar-refractivity contribution is 7.71. The van der Waals surface area contributed by atoms with Crippen LogP contribution in [-0.4, -0.2) is 30.3 Å². The van der Waals surface area contributed by atoms with Crippen molar-refractivity contribution in [3.8, 4) is 0 Å². The zero-order valence-electron chi connectivity index (χ0n) is 12.0. The molecule has 1 aromatic rings. The molecule has 0 aromatic carbocycles. The molecule has 2 heterocycles. The van der Waals surface area contributed by atoms with E-state index in [1.165, 1.54) is 30.5 Å². The van der Waals surface area contributed by atoms with Crippen LogP contribution in [0.3, 0.4) is 0 Å². The summed E-state index contributed by atoms with van der Waals surface area (Å²) in [6, 6.07) is 0. The predicted molar refractivity (Wildman–Crippen MR) is 79.4 cm³/mol. The number of aromatic amines is 1. The first kappa shape index (κ1) is 14.2. The van der Waals surface area contributed by atoms with Crippen molar-refractivity contribution in [3.05, 3.63) is 21.7 Å². The van der Waals surface area contributed by atoms with Crippen molar-refractivity contribution in [2.75, 3.05) is 20.3 Å². The van der Waals surface area contributed by atoms with Gasteiger partial charge in [-0.3, -0.25) is 0 Å². The lowest BCUT2D eigenvalue weighted by atomic mass is 9.92. The van der Waals surface area contributed by atoms with Gasteiger partial charge in [0, 0.05) is 44.4 Å². The molecule has 0 radical (unpaired) electrons. The first-order chi connectivity index (χ1) is 9.75. The van der Waals surface area contributed by atoms with E-state index < -0.39 is 0 Å². The minimum atomic E-state index is -0.354. The lowest BCUT2D eigenvalue weighted by Crippen LogP contribution is -2.37. The Bertz CT molecular complexity index is 535. The van der Waals surface area contributed by atoms with E-state index in [1.54, 1.807) is 7.11 Å². The van der Waals surface area contributed by atoms with Gasteiger partial charge in [-0.05, 0) is 25.7 Å². The predicted octanol–water partition coefficient (Wildman–Crippen LogP) is 3.06. The molecule has 1 saturated heterocycles. The quantitative estimate of drug-likeness (QED) is 0.672. The SMILES string of the molecule is COC1(c2nc(=S)c3c([nH]2)CCCCC3)CCOCC1. The Morgan fingerprint density at radius 2 is 1.95 bits per heavy atom. The van der Waals surface area contributed by atoms with Crippen LogP contribution in [0.5, 0.6) is 0 Å². The van der Waals surface area contributed by atoms with Crippen LogP contribution in [0.1, 0.15) is 49.2 Å². The molecule has 20 heavy (non-hydrogen) atoms. The van der Waals surface area contributed by atoms with Gasteiger partial charge in [-0.1, -0.05) is 18.6 Å². The lowest BCUT2D eigenvalue weighted by molar-refractivity contribution is -0.100. The van der Waals surface area contributed by atoms with Gasteiger partial charge in [-0.25, -0.2) is 4.98 Å². The van der Waals surface area contributed by atoms with Crippen LogP contribution in [0.2, 0.25) is 0 Å². The lowest BCUT2D eigenvalue weighted by Gasteiger charge is -2.35. The Kier molecular flexibility index (Phi) is 4.19. The van der Waals surface area contributed by atoms with Gasteiger partial charge in [0.2, 0.25) is 0 Å². The molecule has 5 heteroatoms. The maximum absolute atomic E-state index is 5.82. The molecule has 1 N–H and O–H groups in total. The third-order valence-corrected chi connectivity index (χ3v) is 4.92. The Balaban J connectivity index is 2.03. The molecule has 0 atom stereocenters. The van der Waals surface area contributed by atoms with E-state index in [2.05, 4.69) is 9.97 Å². The number of methoxy groups -OCH3 is 1. The number of rotatable bonds is 2. The van der Waals surface area contributed by atoms with E-state index >= 15 is 0 Å². The Morgan fingerprint density at radius 1 is 1.20 bits per heavy atom. The Hall–Kier alpha value is -0.780. The fraction of sp³-hybridized carbons (Fsp3) is 0.733. The standard InChI is InChI=1S/C15H22N2O2S/c1-18-15(7-9-19-10-8-15)14-16-12-6-4-2-3-5-11(12)13(20)17-14/h2-10H2,1H3,(H,16,17,20). The van der Waals surface area contributed by atoms with Crippen LogP contribution >= 0.6 is 12.2 Å². The highest BCUT2D eigenvalue weighted by Crippen LogP contribution is 2.34. The van der Waals surface area contributed by atoms with Crippen molar-refractivity contribution in [2.24, 2.45) is 0 Å². The summed E-state index contributed by atoms with van der Waals surface area (Å²) in [6.45, 7) is 1.43. The molecule has 110 valence electrons. The molecule has 0 spiro atoms. The van der Waals surface area contributed by atoms with E-state index in [1.807, 2.05) is 0 Å². The van der Waals surface area contributed by atoms with E-state index in [0.29, 0.717) is 13.2 Å². The number of fused-ring (bicyclic) bond motifs is 1. The number of nitrogens with one attached hydrogen (secondary N) is 1. The van der Waals surface area contributed by atoms with E-state index in [4.69, 9.17) is 21.7 Å². The summed E-state index contributed by atoms with van der Waals surface area (Å²) in [7, 11) is 1.76. The molecule has 2 aliphatic rings. The second-order valence-electron chi connectivity index (χ2n) is 5.72. The molecule has 3 rings (SSSR count). The van der Waals surface area contributed by atoms with Gasteiger partial charge in [0.15, 0.2) is 0 Å². The first-order valence-corrected chi connectivity index (χ1v) is 7.91. The number of ether oxygens (including phenoxy) is 2. The molecule has 0 saturated carbocycles. The maximum atomic E-state index is 5.82. The third kappa shape index (κ3) is 2.54. The summed E-state index contributed by atoms with van der Waals surface area (Å²) >= 11 is 5.54. The van der Waals surface area contributed by atoms with Crippen molar-refractivity contribution in [1.82, 2.24) is 9.97 Å². The Morgan fingerprint density at radius 3 is 2.70 bits per heavy atom. The summed E-state index contributed by atoms with van der Waals surface area (Å²) in [5.74, 6) is 0.897. The highest BCUT2D eigenvalue weighted by Gasteiger charge is 2.37. The van der Waals surface area contributed by atoms with Crippen molar-refractivity contribution in [2.45, 2.75) is 50.5 Å². The van der Waals surface area contributed by atoms with E-state index in [0.717, 1.165) is 36.1 Å². The van der Waals surface area contributed by atoms with Gasteiger partial charge in [-0.2, -0.15) is 0 Å². The molecule has 1 aliphatic carbocycles. The van der Waals surface area contributed by atoms with Crippen molar-refractivity contribution < 1.29 is 9.47 Å². The normalized spacial score (nSPS) is 22.1. The molecule has 0 amide bonds. The average Bonchev–Trinajstić information content (AvgIpc) is 2.73. The van der Waals surface area contributed by atoms with Crippen molar-refractivity contribution in [1.29, 1.82) is 0 Å². The number of hydrogen-bond donors (Lipinski definition) is 1. The number of aryl methyl sites for hydroxylation is 1. The molecule has 0 bridgehead atoms. The molecule has 0 unspecified atom stereocenters. The molecule has 1 aliphatic heterocycles. The summed E-state index contributed by atoms with van der Waals surface area (Å²) in [6.07, 6.45) is 7.52. The number of H-pyrrole nitrogens is 1. The second kappa shape index (κ2) is 5.92. The highest BCUT2D eigenvalue weighted by atomic mass is 32.1. The topological polar surface area (TPSA) is 47.1 Å². The van der Waals surface area contributed by atoms with Crippen LogP contribution in [0.25, 0.3) is 0 Å². The molecular weight excluding hydrogens is 272 g/mol. The number of hydrogen-bond acceptors (Lipinski definition) is 4. The van der Waals surface area contributed by atoms with Gasteiger partial charge in [-0.15, -0.1) is 0 Å². The van der Waals surface area contributed by atoms with Gasteiger partial charge in [0.1, 0.15) is 16.1 Å². The first-order valence-electron chi connectivity index (χ1n) is 7.51. The van der Waals surface area contributed by atoms with Crippen molar-refractivity contribution in [3.63, 3.8) is 0 Å². The largest absolute Gasteiger partial charge is 0.381 e. The summed E-state index contributed by atoms with van der Waals surface area (Å²) in [4.78, 5) is 8.22. The minimum absolute atomic E-state index is 0.354. The van der Waals surface area contributed by atoms with Gasteiger partial charge < -0.3 is 14.5 Å². The minimum Gasteiger partial charge on any atom is -0.381 e. The molecule has 1 aromatic heterocycles. The van der Waals surface area contributed by atoms with Gasteiger partial charge in [0.25, 0.3) is 0 Å². The molecule has 1 fully saturated rings. The van der Waals surface area contributed by atoms with Crippen LogP contribution < -0.4 is 0 Å². The second-order valence-corrected chi connectivity index (χ2v) is 6.11. The van der Waals surface area contributed by atoms with Crippen LogP contribution in [-0.2, 0) is 27.9 Å². The van der Waals surface area contributed by atoms with Gasteiger partial charge in [0.05, 0.1) is 0 Å².